The van der Waals surface area contributed by atoms with Crippen LogP contribution in [0.15, 0.2) is 22.7 Å². The number of carbonyl (C=O) groups excluding carboxylic acids is 1. The molecule has 6 heteroatoms. The molecule has 0 bridgehead atoms. The lowest BCUT2D eigenvalue weighted by molar-refractivity contribution is -0.162. The molecule has 5 nitrogen and oxygen atoms in total. The summed E-state index contributed by atoms with van der Waals surface area (Å²) >= 11 is 3.71. The number of ether oxygens (including phenoxy) is 2. The Bertz CT molecular complexity index is 865. The molecule has 154 valence electrons. The molecule has 0 amide bonds. The number of hydrogen-bond donors (Lipinski definition) is 1. The lowest BCUT2D eigenvalue weighted by atomic mass is 9.97. The maximum Gasteiger partial charge on any atom is 0.311 e. The van der Waals surface area contributed by atoms with Crippen molar-refractivity contribution in [1.82, 2.24) is 4.98 Å². The van der Waals surface area contributed by atoms with Gasteiger partial charge in [0.25, 0.3) is 0 Å². The van der Waals surface area contributed by atoms with E-state index >= 15 is 0 Å². The van der Waals surface area contributed by atoms with Crippen LogP contribution in [0.25, 0.3) is 10.9 Å². The van der Waals surface area contributed by atoms with Gasteiger partial charge in [-0.3, -0.25) is 9.78 Å². The smallest absolute Gasteiger partial charge is 0.311 e. The monoisotopic (exact) mass is 451 g/mol. The van der Waals surface area contributed by atoms with Crippen LogP contribution >= 0.6 is 15.9 Å². The number of nitrogens with zero attached hydrogens (tertiary/aromatic N) is 1. The van der Waals surface area contributed by atoms with Gasteiger partial charge in [-0.1, -0.05) is 0 Å². The van der Waals surface area contributed by atoms with E-state index in [0.717, 1.165) is 26.5 Å². The molecule has 0 fully saturated rings. The van der Waals surface area contributed by atoms with Gasteiger partial charge in [-0.25, -0.2) is 0 Å². The van der Waals surface area contributed by atoms with Gasteiger partial charge in [0, 0.05) is 15.4 Å². The summed E-state index contributed by atoms with van der Waals surface area (Å²) in [7, 11) is 0. The Hall–Kier alpha value is -1.50. The van der Waals surface area contributed by atoms with Gasteiger partial charge in [0.1, 0.15) is 12.7 Å². The normalized spacial score (nSPS) is 13.6. The van der Waals surface area contributed by atoms with Crippen molar-refractivity contribution in [3.8, 4) is 0 Å². The third-order valence-electron chi connectivity index (χ3n) is 4.19. The van der Waals surface area contributed by atoms with Gasteiger partial charge >= 0.3 is 5.97 Å². The zero-order valence-electron chi connectivity index (χ0n) is 17.7. The van der Waals surface area contributed by atoms with E-state index in [2.05, 4.69) is 20.9 Å². The van der Waals surface area contributed by atoms with E-state index in [0.29, 0.717) is 5.69 Å². The van der Waals surface area contributed by atoms with E-state index in [-0.39, 0.29) is 19.2 Å². The van der Waals surface area contributed by atoms with Crippen LogP contribution in [-0.2, 0) is 20.9 Å². The second-order valence-corrected chi connectivity index (χ2v) is 9.81. The number of benzene rings is 1. The molecule has 1 aromatic heterocycles. The summed E-state index contributed by atoms with van der Waals surface area (Å²) in [5.41, 5.74) is 2.32. The van der Waals surface area contributed by atoms with Crippen molar-refractivity contribution >= 4 is 32.8 Å². The van der Waals surface area contributed by atoms with Gasteiger partial charge in [0.15, 0.2) is 0 Å². The van der Waals surface area contributed by atoms with Crippen LogP contribution in [0, 0.1) is 12.3 Å². The summed E-state index contributed by atoms with van der Waals surface area (Å²) in [4.78, 5) is 16.8. The molecular formula is C22H30BrNO4. The minimum Gasteiger partial charge on any atom is -0.462 e. The van der Waals surface area contributed by atoms with Gasteiger partial charge in [-0.2, -0.15) is 0 Å². The number of aliphatic hydroxyl groups is 1. The Morgan fingerprint density at radius 1 is 1.21 bits per heavy atom. The molecule has 0 radical (unpaired) electrons. The topological polar surface area (TPSA) is 68.7 Å². The van der Waals surface area contributed by atoms with Crippen LogP contribution in [0.1, 0.15) is 64.5 Å². The van der Waals surface area contributed by atoms with Crippen LogP contribution in [0.5, 0.6) is 0 Å². The van der Waals surface area contributed by atoms with E-state index in [9.17, 15) is 9.90 Å². The molecule has 0 aliphatic heterocycles. The van der Waals surface area contributed by atoms with E-state index in [1.807, 2.05) is 60.6 Å². The van der Waals surface area contributed by atoms with Crippen molar-refractivity contribution in [3.63, 3.8) is 0 Å². The zero-order valence-corrected chi connectivity index (χ0v) is 19.3. The molecule has 1 N–H and O–H groups in total. The number of aromatic nitrogens is 1. The number of aliphatic hydroxyl groups excluding tert-OH is 1. The highest BCUT2D eigenvalue weighted by molar-refractivity contribution is 9.10. The molecule has 0 unspecified atom stereocenters. The number of halogens is 1. The second kappa shape index (κ2) is 8.47. The van der Waals surface area contributed by atoms with Crippen molar-refractivity contribution in [1.29, 1.82) is 0 Å². The SMILES string of the molecule is Cc1cc2nc(CO)ccc2c(Br)c1[C@H](COC(=O)C(C)(C)C)OC(C)(C)C. The summed E-state index contributed by atoms with van der Waals surface area (Å²) in [5, 5.41) is 10.3. The molecule has 2 rings (SSSR count). The average molecular weight is 452 g/mol. The molecule has 0 spiro atoms. The fourth-order valence-electron chi connectivity index (χ4n) is 2.87. The highest BCUT2D eigenvalue weighted by Crippen LogP contribution is 2.37. The Labute approximate surface area is 175 Å². The van der Waals surface area contributed by atoms with Crippen molar-refractivity contribution in [2.24, 2.45) is 5.41 Å². The number of carbonyl (C=O) groups is 1. The summed E-state index contributed by atoms with van der Waals surface area (Å²) in [6, 6.07) is 5.70. The van der Waals surface area contributed by atoms with Gasteiger partial charge in [-0.15, -0.1) is 0 Å². The molecule has 1 aromatic carbocycles. The summed E-state index contributed by atoms with van der Waals surface area (Å²) in [6.45, 7) is 13.4. The molecular weight excluding hydrogens is 422 g/mol. The fourth-order valence-corrected chi connectivity index (χ4v) is 3.77. The molecule has 28 heavy (non-hydrogen) atoms. The first-order chi connectivity index (χ1) is 12.8. The fraction of sp³-hybridized carbons (Fsp3) is 0.545. The molecule has 2 aromatic rings. The van der Waals surface area contributed by atoms with Crippen molar-refractivity contribution in [2.75, 3.05) is 6.61 Å². The first-order valence-electron chi connectivity index (χ1n) is 9.38. The van der Waals surface area contributed by atoms with Gasteiger partial charge < -0.3 is 14.6 Å². The van der Waals surface area contributed by atoms with Crippen LogP contribution in [-0.4, -0.2) is 28.3 Å². The van der Waals surface area contributed by atoms with Crippen molar-refractivity contribution < 1.29 is 19.4 Å². The third kappa shape index (κ3) is 5.52. The molecule has 0 aliphatic rings. The summed E-state index contributed by atoms with van der Waals surface area (Å²) in [5.74, 6) is -0.265. The number of hydrogen-bond acceptors (Lipinski definition) is 5. The molecule has 0 saturated heterocycles. The molecule has 0 aliphatic carbocycles. The molecule has 0 saturated carbocycles. The Morgan fingerprint density at radius 3 is 2.39 bits per heavy atom. The third-order valence-corrected chi connectivity index (χ3v) is 5.05. The van der Waals surface area contributed by atoms with E-state index in [1.165, 1.54) is 0 Å². The molecule has 1 atom stereocenters. The number of esters is 1. The highest BCUT2D eigenvalue weighted by Gasteiger charge is 2.29. The zero-order chi connectivity index (χ0) is 21.3. The predicted molar refractivity (Wildman–Crippen MR) is 114 cm³/mol. The number of fused-ring (bicyclic) bond motifs is 1. The van der Waals surface area contributed by atoms with Crippen LogP contribution in [0.4, 0.5) is 0 Å². The van der Waals surface area contributed by atoms with Gasteiger partial charge in [0.2, 0.25) is 0 Å². The quantitative estimate of drug-likeness (QED) is 0.629. The lowest BCUT2D eigenvalue weighted by Gasteiger charge is -2.30. The number of aryl methyl sites for hydroxylation is 1. The lowest BCUT2D eigenvalue weighted by Crippen LogP contribution is -2.30. The Kier molecular flexibility index (Phi) is 6.90. The first-order valence-corrected chi connectivity index (χ1v) is 10.2. The van der Waals surface area contributed by atoms with Gasteiger partial charge in [0.05, 0.1) is 28.8 Å². The van der Waals surface area contributed by atoms with E-state index < -0.39 is 17.1 Å². The number of rotatable bonds is 5. The van der Waals surface area contributed by atoms with Gasteiger partial charge in [-0.05, 0) is 88.2 Å². The highest BCUT2D eigenvalue weighted by atomic mass is 79.9. The average Bonchev–Trinajstić information content (AvgIpc) is 2.56. The minimum atomic E-state index is -0.577. The van der Waals surface area contributed by atoms with Crippen LogP contribution in [0.3, 0.4) is 0 Å². The van der Waals surface area contributed by atoms with E-state index in [1.54, 1.807) is 6.07 Å². The molecule has 1 heterocycles. The summed E-state index contributed by atoms with van der Waals surface area (Å²) in [6.07, 6.45) is -0.428. The largest absolute Gasteiger partial charge is 0.462 e. The minimum absolute atomic E-state index is 0.104. The van der Waals surface area contributed by atoms with Crippen molar-refractivity contribution in [3.05, 3.63) is 39.5 Å². The maximum absolute atomic E-state index is 12.3. The first kappa shape index (κ1) is 22.8. The van der Waals surface area contributed by atoms with Crippen LogP contribution < -0.4 is 0 Å². The maximum atomic E-state index is 12.3. The standard InChI is InChI=1S/C22H30BrNO4/c1-13-10-16-15(9-8-14(11-25)24-16)19(23)18(13)17(28-22(5,6)7)12-27-20(26)21(2,3)4/h8-10,17,25H,11-12H2,1-7H3/t17-/m0/s1. The Balaban J connectivity index is 2.49. The predicted octanol–water partition coefficient (Wildman–Crippen LogP) is 5.24. The van der Waals surface area contributed by atoms with Crippen LogP contribution in [0.2, 0.25) is 0 Å². The Morgan fingerprint density at radius 2 is 1.86 bits per heavy atom. The number of pyridine rings is 1. The second-order valence-electron chi connectivity index (χ2n) is 9.02. The van der Waals surface area contributed by atoms with Crippen molar-refractivity contribution in [2.45, 2.75) is 66.8 Å². The summed E-state index contributed by atoms with van der Waals surface area (Å²) < 4.78 is 12.7. The van der Waals surface area contributed by atoms with E-state index in [4.69, 9.17) is 9.47 Å².